The van der Waals surface area contributed by atoms with Gasteiger partial charge in [-0.25, -0.2) is 18.4 Å². The highest BCUT2D eigenvalue weighted by molar-refractivity contribution is 7.92. The van der Waals surface area contributed by atoms with Crippen LogP contribution in [0.5, 0.6) is 0 Å². The number of carbonyl (C=O) groups is 1. The molecule has 1 aliphatic carbocycles. The van der Waals surface area contributed by atoms with Crippen molar-refractivity contribution in [3.8, 4) is 11.4 Å². The molecule has 0 bridgehead atoms. The van der Waals surface area contributed by atoms with Crippen LogP contribution in [0, 0.1) is 0 Å². The molecule has 1 N–H and O–H groups in total. The molecule has 3 heterocycles. The molecule has 1 saturated carbocycles. The van der Waals surface area contributed by atoms with Gasteiger partial charge in [-0.15, -0.1) is 5.10 Å². The molecule has 0 radical (unpaired) electrons. The van der Waals surface area contributed by atoms with Crippen molar-refractivity contribution in [1.82, 2.24) is 25.0 Å². The van der Waals surface area contributed by atoms with Gasteiger partial charge in [0.1, 0.15) is 17.0 Å². The topological polar surface area (TPSA) is 129 Å². The molecule has 0 aliphatic heterocycles. The maximum atomic E-state index is 12.7. The van der Waals surface area contributed by atoms with E-state index in [1.165, 1.54) is 4.68 Å². The number of anilines is 1. The molecule has 0 amide bonds. The Kier molecular flexibility index (Phi) is 6.35. The predicted octanol–water partition coefficient (Wildman–Crippen LogP) is 3.02. The van der Waals surface area contributed by atoms with E-state index >= 15 is 0 Å². The first kappa shape index (κ1) is 23.1. The smallest absolute Gasteiger partial charge is 0.312 e. The van der Waals surface area contributed by atoms with Crippen LogP contribution in [0.2, 0.25) is 5.15 Å². The Labute approximate surface area is 196 Å². The fraction of sp³-hybridized carbons (Fsp3) is 0.381. The third-order valence-corrected chi connectivity index (χ3v) is 6.12. The average Bonchev–Trinajstić information content (AvgIpc) is 3.52. The molecule has 1 fully saturated rings. The number of halogens is 1. The maximum absolute atomic E-state index is 12.7. The molecule has 12 heteroatoms. The summed E-state index contributed by atoms with van der Waals surface area (Å²) in [5.41, 5.74) is 3.21. The molecule has 1 atom stereocenters. The van der Waals surface area contributed by atoms with Crippen molar-refractivity contribution < 1.29 is 17.9 Å². The van der Waals surface area contributed by atoms with E-state index in [0.29, 0.717) is 34.0 Å². The van der Waals surface area contributed by atoms with Gasteiger partial charge in [0.2, 0.25) is 10.0 Å². The third-order valence-electron chi connectivity index (χ3n) is 5.22. The van der Waals surface area contributed by atoms with Gasteiger partial charge in [0.05, 0.1) is 35.4 Å². The molecule has 10 nitrogen and oxygen atoms in total. The number of esters is 1. The fourth-order valence-electron chi connectivity index (χ4n) is 3.48. The zero-order valence-corrected chi connectivity index (χ0v) is 19.9. The summed E-state index contributed by atoms with van der Waals surface area (Å²) in [5.74, 6) is -0.295. The van der Waals surface area contributed by atoms with Crippen LogP contribution in [0.1, 0.15) is 48.7 Å². The summed E-state index contributed by atoms with van der Waals surface area (Å²) in [6.45, 7) is 1.72. The molecule has 1 aliphatic rings. The minimum absolute atomic E-state index is 0.0785. The first-order valence-corrected chi connectivity index (χ1v) is 12.6. The van der Waals surface area contributed by atoms with Crippen LogP contribution in [-0.2, 0) is 33.0 Å². The number of pyridine rings is 2. The highest BCUT2D eigenvalue weighted by atomic mass is 35.5. The number of rotatable bonds is 8. The number of aryl methyl sites for hydroxylation is 1. The summed E-state index contributed by atoms with van der Waals surface area (Å²) in [5, 5.41) is 8.51. The first-order chi connectivity index (χ1) is 15.6. The largest absolute Gasteiger partial charge is 0.457 e. The fourth-order valence-corrected chi connectivity index (χ4v) is 4.32. The van der Waals surface area contributed by atoms with Crippen LogP contribution in [0.3, 0.4) is 0 Å². The highest BCUT2D eigenvalue weighted by Gasteiger charge is 2.30. The Morgan fingerprint density at radius 3 is 2.76 bits per heavy atom. The molecule has 3 aromatic rings. The van der Waals surface area contributed by atoms with Crippen molar-refractivity contribution in [2.24, 2.45) is 7.05 Å². The van der Waals surface area contributed by atoms with Crippen molar-refractivity contribution >= 4 is 33.3 Å². The lowest BCUT2D eigenvalue weighted by Crippen LogP contribution is -2.15. The quantitative estimate of drug-likeness (QED) is 0.377. The molecule has 0 spiro atoms. The van der Waals surface area contributed by atoms with Crippen LogP contribution >= 0.6 is 11.6 Å². The monoisotopic (exact) mass is 490 g/mol. The minimum atomic E-state index is -3.44. The number of carbonyl (C=O) groups excluding carboxylic acids is 1. The summed E-state index contributed by atoms with van der Waals surface area (Å²) in [7, 11) is -1.76. The Hall–Kier alpha value is -3.05. The third kappa shape index (κ3) is 5.48. The molecule has 0 aromatic carbocycles. The van der Waals surface area contributed by atoms with E-state index in [4.69, 9.17) is 16.3 Å². The second kappa shape index (κ2) is 9.06. The number of aromatic nitrogens is 5. The van der Waals surface area contributed by atoms with Gasteiger partial charge in [-0.2, -0.15) is 0 Å². The number of hydrogen-bond acceptors (Lipinski definition) is 8. The summed E-state index contributed by atoms with van der Waals surface area (Å²) in [6.07, 6.45) is 3.87. The van der Waals surface area contributed by atoms with Gasteiger partial charge in [0, 0.05) is 24.7 Å². The second-order valence-electron chi connectivity index (χ2n) is 7.98. The Morgan fingerprint density at radius 2 is 2.09 bits per heavy atom. The number of nitrogens with one attached hydrogen (secondary N) is 1. The molecule has 3 aromatic heterocycles. The number of sulfonamides is 1. The van der Waals surface area contributed by atoms with E-state index in [2.05, 4.69) is 25.0 Å². The first-order valence-electron chi connectivity index (χ1n) is 10.3. The van der Waals surface area contributed by atoms with Crippen LogP contribution in [-0.4, -0.2) is 45.6 Å². The van der Waals surface area contributed by atoms with Crippen LogP contribution in [0.15, 0.2) is 30.5 Å². The van der Waals surface area contributed by atoms with Crippen molar-refractivity contribution in [3.05, 3.63) is 52.6 Å². The van der Waals surface area contributed by atoms with Gasteiger partial charge in [-0.3, -0.25) is 14.2 Å². The Balaban J connectivity index is 1.57. The van der Waals surface area contributed by atoms with Crippen molar-refractivity contribution in [2.75, 3.05) is 11.0 Å². The van der Waals surface area contributed by atoms with E-state index in [-0.39, 0.29) is 17.5 Å². The number of nitrogens with zero attached hydrogens (tertiary/aromatic N) is 5. The lowest BCUT2D eigenvalue weighted by molar-refractivity contribution is -0.147. The van der Waals surface area contributed by atoms with E-state index in [9.17, 15) is 13.2 Å². The van der Waals surface area contributed by atoms with Gasteiger partial charge < -0.3 is 4.74 Å². The van der Waals surface area contributed by atoms with Gasteiger partial charge >= 0.3 is 5.97 Å². The lowest BCUT2D eigenvalue weighted by atomic mass is 10.1. The minimum Gasteiger partial charge on any atom is -0.457 e. The number of ether oxygens (including phenoxy) is 1. The SMILES string of the molecule is C[C@@H](OC(=O)Cc1c(-c2ccc(NS(C)(=O)=O)c(C3CC3)n2)nnn1C)c1cccnc1Cl. The van der Waals surface area contributed by atoms with Crippen LogP contribution in [0.4, 0.5) is 5.69 Å². The lowest BCUT2D eigenvalue weighted by Gasteiger charge is -2.15. The Morgan fingerprint density at radius 1 is 1.33 bits per heavy atom. The second-order valence-corrected chi connectivity index (χ2v) is 10.1. The van der Waals surface area contributed by atoms with Crippen molar-refractivity contribution in [2.45, 2.75) is 38.2 Å². The van der Waals surface area contributed by atoms with Gasteiger partial charge in [-0.1, -0.05) is 22.9 Å². The molecule has 33 heavy (non-hydrogen) atoms. The zero-order valence-electron chi connectivity index (χ0n) is 18.3. The van der Waals surface area contributed by atoms with Crippen molar-refractivity contribution in [3.63, 3.8) is 0 Å². The summed E-state index contributed by atoms with van der Waals surface area (Å²) in [4.78, 5) is 21.4. The molecular formula is C21H23ClN6O4S. The van der Waals surface area contributed by atoms with Crippen LogP contribution in [0.25, 0.3) is 11.4 Å². The molecule has 0 unspecified atom stereocenters. The van der Waals surface area contributed by atoms with Gasteiger partial charge in [-0.05, 0) is 38.0 Å². The zero-order chi connectivity index (χ0) is 23.8. The van der Waals surface area contributed by atoms with Gasteiger partial charge in [0.25, 0.3) is 0 Å². The van der Waals surface area contributed by atoms with E-state index in [1.54, 1.807) is 44.4 Å². The normalized spacial score (nSPS) is 14.7. The number of hydrogen-bond donors (Lipinski definition) is 1. The molecular weight excluding hydrogens is 468 g/mol. The summed E-state index contributed by atoms with van der Waals surface area (Å²) >= 11 is 6.10. The van der Waals surface area contributed by atoms with Gasteiger partial charge in [0.15, 0.2) is 0 Å². The van der Waals surface area contributed by atoms with E-state index < -0.39 is 22.1 Å². The van der Waals surface area contributed by atoms with E-state index in [0.717, 1.165) is 19.1 Å². The predicted molar refractivity (Wildman–Crippen MR) is 122 cm³/mol. The summed E-state index contributed by atoms with van der Waals surface area (Å²) < 4.78 is 33.0. The standard InChI is InChI=1S/C21H23ClN6O4S/c1-12(14-5-4-10-23-21(14)22)32-18(29)11-17-20(25-27-28(17)2)15-8-9-16(26-33(3,30)31)19(24-15)13-6-7-13/h4-5,8-10,12-13,26H,6-7,11H2,1-3H3/t12-/m1/s1. The maximum Gasteiger partial charge on any atom is 0.312 e. The van der Waals surface area contributed by atoms with Crippen molar-refractivity contribution in [1.29, 1.82) is 0 Å². The summed E-state index contributed by atoms with van der Waals surface area (Å²) in [6, 6.07) is 6.80. The molecule has 174 valence electrons. The van der Waals surface area contributed by atoms with E-state index in [1.807, 2.05) is 0 Å². The molecule has 4 rings (SSSR count). The molecule has 0 saturated heterocycles. The average molecular weight is 491 g/mol. The highest BCUT2D eigenvalue weighted by Crippen LogP contribution is 2.43. The Bertz CT molecular complexity index is 1310. The van der Waals surface area contributed by atoms with Crippen LogP contribution < -0.4 is 4.72 Å².